The van der Waals surface area contributed by atoms with Crippen LogP contribution in [-0.4, -0.2) is 47.2 Å². The van der Waals surface area contributed by atoms with Crippen molar-refractivity contribution in [2.45, 2.75) is 19.5 Å². The molecule has 0 aromatic heterocycles. The van der Waals surface area contributed by atoms with E-state index in [1.54, 1.807) is 13.2 Å². The number of ether oxygens (including phenoxy) is 1. The Morgan fingerprint density at radius 2 is 2.38 bits per heavy atom. The van der Waals surface area contributed by atoms with Crippen LogP contribution in [0.25, 0.3) is 6.08 Å². The molecule has 0 bridgehead atoms. The quantitative estimate of drug-likeness (QED) is 0.848. The SMILES string of the molecule is COc1ccc(C=CC(=O)O)c(CN2CCSCC2C)c1. The molecule has 5 heteroatoms. The van der Waals surface area contributed by atoms with Gasteiger partial charge in [0.15, 0.2) is 0 Å². The molecule has 0 aliphatic carbocycles. The van der Waals surface area contributed by atoms with Crippen LogP contribution in [-0.2, 0) is 11.3 Å². The number of rotatable bonds is 5. The molecule has 114 valence electrons. The van der Waals surface area contributed by atoms with Crippen LogP contribution in [0.15, 0.2) is 24.3 Å². The Kier molecular flexibility index (Phi) is 5.70. The standard InChI is InChI=1S/C16H21NO3S/c1-12-11-21-8-7-17(12)10-14-9-15(20-2)5-3-13(14)4-6-16(18)19/h3-6,9,12H,7-8,10-11H2,1-2H3,(H,18,19). The minimum atomic E-state index is -0.931. The summed E-state index contributed by atoms with van der Waals surface area (Å²) in [4.78, 5) is 13.2. The Labute approximate surface area is 129 Å². The summed E-state index contributed by atoms with van der Waals surface area (Å²) in [5, 5.41) is 8.81. The van der Waals surface area contributed by atoms with E-state index in [1.807, 2.05) is 30.0 Å². The van der Waals surface area contributed by atoms with Crippen LogP contribution in [0.4, 0.5) is 0 Å². The minimum Gasteiger partial charge on any atom is -0.497 e. The van der Waals surface area contributed by atoms with Gasteiger partial charge in [-0.2, -0.15) is 11.8 Å². The highest BCUT2D eigenvalue weighted by Crippen LogP contribution is 2.24. The third-order valence-electron chi connectivity index (χ3n) is 3.63. The molecule has 1 heterocycles. The predicted molar refractivity (Wildman–Crippen MR) is 86.9 cm³/mol. The van der Waals surface area contributed by atoms with Crippen molar-refractivity contribution >= 4 is 23.8 Å². The fraction of sp³-hybridized carbons (Fsp3) is 0.438. The molecule has 0 radical (unpaired) electrons. The van der Waals surface area contributed by atoms with E-state index in [2.05, 4.69) is 11.8 Å². The lowest BCUT2D eigenvalue weighted by Crippen LogP contribution is -2.39. The second-order valence-corrected chi connectivity index (χ2v) is 6.28. The molecule has 1 aliphatic rings. The van der Waals surface area contributed by atoms with Crippen molar-refractivity contribution in [3.8, 4) is 5.75 Å². The maximum Gasteiger partial charge on any atom is 0.328 e. The lowest BCUT2D eigenvalue weighted by Gasteiger charge is -2.33. The Hall–Kier alpha value is -1.46. The fourth-order valence-electron chi connectivity index (χ4n) is 2.38. The summed E-state index contributed by atoms with van der Waals surface area (Å²) < 4.78 is 5.29. The summed E-state index contributed by atoms with van der Waals surface area (Å²) in [5.74, 6) is 2.16. The van der Waals surface area contributed by atoms with Gasteiger partial charge < -0.3 is 9.84 Å². The Morgan fingerprint density at radius 1 is 1.57 bits per heavy atom. The number of carbonyl (C=O) groups is 1. The van der Waals surface area contributed by atoms with Crippen molar-refractivity contribution < 1.29 is 14.6 Å². The summed E-state index contributed by atoms with van der Waals surface area (Å²) in [6, 6.07) is 6.30. The van der Waals surface area contributed by atoms with Crippen molar-refractivity contribution in [3.63, 3.8) is 0 Å². The first-order chi connectivity index (χ1) is 10.1. The molecule has 4 nitrogen and oxygen atoms in total. The zero-order valence-electron chi connectivity index (χ0n) is 12.4. The van der Waals surface area contributed by atoms with E-state index in [9.17, 15) is 4.79 Å². The second kappa shape index (κ2) is 7.52. The maximum atomic E-state index is 10.7. The number of thioether (sulfide) groups is 1. The van der Waals surface area contributed by atoms with E-state index in [0.29, 0.717) is 6.04 Å². The van der Waals surface area contributed by atoms with E-state index < -0.39 is 5.97 Å². The molecule has 1 N–H and O–H groups in total. The lowest BCUT2D eigenvalue weighted by molar-refractivity contribution is -0.131. The first kappa shape index (κ1) is 15.9. The molecule has 1 fully saturated rings. The summed E-state index contributed by atoms with van der Waals surface area (Å²) in [7, 11) is 1.64. The summed E-state index contributed by atoms with van der Waals surface area (Å²) in [6.07, 6.45) is 2.83. The molecule has 1 aromatic carbocycles. The highest BCUT2D eigenvalue weighted by atomic mass is 32.2. The van der Waals surface area contributed by atoms with Gasteiger partial charge in [0, 0.05) is 36.7 Å². The van der Waals surface area contributed by atoms with E-state index >= 15 is 0 Å². The summed E-state index contributed by atoms with van der Waals surface area (Å²) in [5.41, 5.74) is 2.04. The highest BCUT2D eigenvalue weighted by molar-refractivity contribution is 7.99. The van der Waals surface area contributed by atoms with Crippen molar-refractivity contribution in [3.05, 3.63) is 35.4 Å². The van der Waals surface area contributed by atoms with Crippen molar-refractivity contribution in [1.29, 1.82) is 0 Å². The minimum absolute atomic E-state index is 0.534. The maximum absolute atomic E-state index is 10.7. The molecule has 1 aromatic rings. The number of methoxy groups -OCH3 is 1. The lowest BCUT2D eigenvalue weighted by atomic mass is 10.0. The number of benzene rings is 1. The largest absolute Gasteiger partial charge is 0.497 e. The molecule has 1 saturated heterocycles. The molecular weight excluding hydrogens is 286 g/mol. The molecule has 0 spiro atoms. The molecule has 2 rings (SSSR count). The Bertz CT molecular complexity index is 530. The number of carboxylic acid groups (broad SMARTS) is 1. The Morgan fingerprint density at radius 3 is 3.05 bits per heavy atom. The first-order valence-electron chi connectivity index (χ1n) is 7.00. The van der Waals surface area contributed by atoms with Crippen LogP contribution in [0.5, 0.6) is 5.75 Å². The van der Waals surface area contributed by atoms with Crippen LogP contribution in [0, 0.1) is 0 Å². The van der Waals surface area contributed by atoms with E-state index in [1.165, 1.54) is 6.08 Å². The monoisotopic (exact) mass is 307 g/mol. The topological polar surface area (TPSA) is 49.8 Å². The van der Waals surface area contributed by atoms with Gasteiger partial charge in [0.2, 0.25) is 0 Å². The van der Waals surface area contributed by atoms with Gasteiger partial charge in [-0.25, -0.2) is 4.79 Å². The third-order valence-corrected chi connectivity index (χ3v) is 4.82. The number of hydrogen-bond donors (Lipinski definition) is 1. The number of hydrogen-bond acceptors (Lipinski definition) is 4. The number of aliphatic carboxylic acids is 1. The van der Waals surface area contributed by atoms with Crippen LogP contribution in [0.1, 0.15) is 18.1 Å². The van der Waals surface area contributed by atoms with Crippen LogP contribution in [0.2, 0.25) is 0 Å². The van der Waals surface area contributed by atoms with Gasteiger partial charge in [0.1, 0.15) is 5.75 Å². The summed E-state index contributed by atoms with van der Waals surface area (Å²) in [6.45, 7) is 4.11. The molecule has 1 unspecified atom stereocenters. The number of nitrogens with zero attached hydrogens (tertiary/aromatic N) is 1. The molecular formula is C16H21NO3S. The van der Waals surface area contributed by atoms with Gasteiger partial charge in [0.05, 0.1) is 7.11 Å². The van der Waals surface area contributed by atoms with Crippen molar-refractivity contribution in [1.82, 2.24) is 4.90 Å². The van der Waals surface area contributed by atoms with Crippen molar-refractivity contribution in [2.75, 3.05) is 25.2 Å². The van der Waals surface area contributed by atoms with Gasteiger partial charge >= 0.3 is 5.97 Å². The average Bonchev–Trinajstić information content (AvgIpc) is 2.48. The van der Waals surface area contributed by atoms with E-state index in [4.69, 9.17) is 9.84 Å². The first-order valence-corrected chi connectivity index (χ1v) is 8.15. The van der Waals surface area contributed by atoms with Gasteiger partial charge in [-0.15, -0.1) is 0 Å². The van der Waals surface area contributed by atoms with E-state index in [0.717, 1.165) is 41.5 Å². The second-order valence-electron chi connectivity index (χ2n) is 5.13. The van der Waals surface area contributed by atoms with Crippen LogP contribution < -0.4 is 4.74 Å². The summed E-state index contributed by atoms with van der Waals surface area (Å²) >= 11 is 1.99. The van der Waals surface area contributed by atoms with Crippen LogP contribution in [0.3, 0.4) is 0 Å². The van der Waals surface area contributed by atoms with Crippen molar-refractivity contribution in [2.24, 2.45) is 0 Å². The number of carboxylic acids is 1. The predicted octanol–water partition coefficient (Wildman–Crippen LogP) is 2.73. The normalized spacial score (nSPS) is 19.8. The molecule has 21 heavy (non-hydrogen) atoms. The van der Waals surface area contributed by atoms with Crippen LogP contribution >= 0.6 is 11.8 Å². The van der Waals surface area contributed by atoms with Gasteiger partial charge in [-0.05, 0) is 36.3 Å². The zero-order valence-corrected chi connectivity index (χ0v) is 13.2. The molecule has 0 amide bonds. The van der Waals surface area contributed by atoms with Gasteiger partial charge in [-0.1, -0.05) is 6.07 Å². The smallest absolute Gasteiger partial charge is 0.328 e. The zero-order chi connectivity index (χ0) is 15.2. The van der Waals surface area contributed by atoms with E-state index in [-0.39, 0.29) is 0 Å². The third kappa shape index (κ3) is 4.51. The fourth-order valence-corrected chi connectivity index (χ4v) is 3.47. The van der Waals surface area contributed by atoms with Gasteiger partial charge in [-0.3, -0.25) is 4.90 Å². The van der Waals surface area contributed by atoms with Gasteiger partial charge in [0.25, 0.3) is 0 Å². The molecule has 1 atom stereocenters. The average molecular weight is 307 g/mol. The molecule has 0 saturated carbocycles. The Balaban J connectivity index is 2.23. The highest BCUT2D eigenvalue weighted by Gasteiger charge is 2.19. The molecule has 1 aliphatic heterocycles.